The first-order chi connectivity index (χ1) is 4.62. The molecule has 1 heterocycles. The summed E-state index contributed by atoms with van der Waals surface area (Å²) in [6, 6.07) is 0.763. The van der Waals surface area contributed by atoms with Crippen molar-refractivity contribution >= 4 is 22.6 Å². The number of halogens is 1. The zero-order chi connectivity index (χ0) is 7.35. The van der Waals surface area contributed by atoms with E-state index >= 15 is 0 Å². The van der Waals surface area contributed by atoms with E-state index in [9.17, 15) is 0 Å². The van der Waals surface area contributed by atoms with Gasteiger partial charge in [0, 0.05) is 22.6 Å². The van der Waals surface area contributed by atoms with Crippen LogP contribution < -0.4 is 0 Å². The van der Waals surface area contributed by atoms with Crippen LogP contribution in [0.25, 0.3) is 0 Å². The minimum atomic E-state index is 0.710. The summed E-state index contributed by atoms with van der Waals surface area (Å²) in [6.45, 7) is 7.30. The van der Waals surface area contributed by atoms with Gasteiger partial charge in [-0.15, -0.1) is 0 Å². The lowest BCUT2D eigenvalue weighted by Crippen LogP contribution is -2.31. The Kier molecular flexibility index (Phi) is 1.54. The van der Waals surface area contributed by atoms with Gasteiger partial charge in [-0.3, -0.25) is 4.90 Å². The molecule has 2 rings (SSSR count). The summed E-state index contributed by atoms with van der Waals surface area (Å²) in [5.74, 6) is 1.04. The zero-order valence-electron chi connectivity index (χ0n) is 6.60. The van der Waals surface area contributed by atoms with Gasteiger partial charge in [0.15, 0.2) is 0 Å². The second kappa shape index (κ2) is 2.09. The van der Waals surface area contributed by atoms with Gasteiger partial charge in [-0.05, 0) is 26.2 Å². The molecular weight excluding hydrogens is 237 g/mol. The highest BCUT2D eigenvalue weighted by atomic mass is 127. The molecule has 1 saturated carbocycles. The highest BCUT2D eigenvalue weighted by Crippen LogP contribution is 2.56. The molecule has 2 fully saturated rings. The first-order valence-corrected chi connectivity index (χ1v) is 5.13. The smallest absolute Gasteiger partial charge is 0.0393 e. The van der Waals surface area contributed by atoms with Crippen LogP contribution >= 0.6 is 22.6 Å². The lowest BCUT2D eigenvalue weighted by Gasteiger charge is -2.22. The summed E-state index contributed by atoms with van der Waals surface area (Å²) >= 11 is 2.65. The van der Waals surface area contributed by atoms with Crippen LogP contribution in [-0.4, -0.2) is 27.5 Å². The van der Waals surface area contributed by atoms with Crippen molar-refractivity contribution in [1.82, 2.24) is 4.90 Å². The maximum absolute atomic E-state index is 2.65. The Morgan fingerprint density at radius 1 is 1.60 bits per heavy atom. The van der Waals surface area contributed by atoms with Gasteiger partial charge in [0.2, 0.25) is 0 Å². The number of rotatable bonds is 1. The molecule has 10 heavy (non-hydrogen) atoms. The van der Waals surface area contributed by atoms with Crippen LogP contribution in [-0.2, 0) is 0 Å². The third-order valence-corrected chi connectivity index (χ3v) is 4.47. The second-order valence-electron chi connectivity index (χ2n) is 3.96. The molecule has 2 heteroatoms. The van der Waals surface area contributed by atoms with E-state index in [0.717, 1.165) is 12.0 Å². The van der Waals surface area contributed by atoms with Crippen molar-refractivity contribution < 1.29 is 0 Å². The number of fused-ring (bicyclic) bond motifs is 1. The van der Waals surface area contributed by atoms with Crippen molar-refractivity contribution in [2.45, 2.75) is 29.7 Å². The molecule has 0 aromatic rings. The molecule has 2 aliphatic rings. The predicted molar refractivity (Wildman–Crippen MR) is 51.6 cm³/mol. The van der Waals surface area contributed by atoms with E-state index in [4.69, 9.17) is 0 Å². The SMILES string of the molecule is CC(C)N1CC2CC2(I)C1. The Labute approximate surface area is 76.3 Å². The summed E-state index contributed by atoms with van der Waals surface area (Å²) in [5, 5.41) is 0. The van der Waals surface area contributed by atoms with Crippen molar-refractivity contribution in [1.29, 1.82) is 0 Å². The molecule has 1 aliphatic heterocycles. The number of hydrogen-bond acceptors (Lipinski definition) is 1. The Hall–Kier alpha value is 0.690. The second-order valence-corrected chi connectivity index (χ2v) is 6.11. The fraction of sp³-hybridized carbons (Fsp3) is 1.00. The topological polar surface area (TPSA) is 3.24 Å². The van der Waals surface area contributed by atoms with Gasteiger partial charge in [0.1, 0.15) is 0 Å². The maximum atomic E-state index is 2.65. The third kappa shape index (κ3) is 0.998. The van der Waals surface area contributed by atoms with E-state index in [1.54, 1.807) is 0 Å². The normalized spacial score (nSPS) is 46.2. The molecule has 0 amide bonds. The minimum Gasteiger partial charge on any atom is -0.299 e. The molecule has 0 aromatic carbocycles. The Bertz CT molecular complexity index is 157. The molecule has 0 bridgehead atoms. The highest BCUT2D eigenvalue weighted by Gasteiger charge is 2.58. The van der Waals surface area contributed by atoms with Crippen molar-refractivity contribution in [3.63, 3.8) is 0 Å². The Balaban J connectivity index is 1.97. The number of likely N-dealkylation sites (tertiary alicyclic amines) is 1. The molecule has 2 unspecified atom stereocenters. The molecule has 0 N–H and O–H groups in total. The van der Waals surface area contributed by atoms with Gasteiger partial charge in [0.05, 0.1) is 0 Å². The molecule has 0 aromatic heterocycles. The first-order valence-electron chi connectivity index (χ1n) is 4.05. The molecule has 1 aliphatic carbocycles. The van der Waals surface area contributed by atoms with E-state index in [0.29, 0.717) is 3.42 Å². The summed E-state index contributed by atoms with van der Waals surface area (Å²) in [4.78, 5) is 2.60. The number of piperidine rings is 1. The van der Waals surface area contributed by atoms with Crippen molar-refractivity contribution in [3.05, 3.63) is 0 Å². The summed E-state index contributed by atoms with van der Waals surface area (Å²) < 4.78 is 0.710. The van der Waals surface area contributed by atoms with E-state index < -0.39 is 0 Å². The van der Waals surface area contributed by atoms with Gasteiger partial charge in [-0.2, -0.15) is 0 Å². The van der Waals surface area contributed by atoms with Gasteiger partial charge in [-0.25, -0.2) is 0 Å². The molecule has 0 radical (unpaired) electrons. The van der Waals surface area contributed by atoms with Gasteiger partial charge in [-0.1, -0.05) is 22.6 Å². The average Bonchev–Trinajstić information content (AvgIpc) is 2.32. The first kappa shape index (κ1) is 7.35. The van der Waals surface area contributed by atoms with Gasteiger partial charge >= 0.3 is 0 Å². The van der Waals surface area contributed by atoms with Gasteiger partial charge < -0.3 is 0 Å². The quantitative estimate of drug-likeness (QED) is 0.508. The van der Waals surface area contributed by atoms with Crippen LogP contribution in [0.2, 0.25) is 0 Å². The maximum Gasteiger partial charge on any atom is 0.0393 e. The fourth-order valence-electron chi connectivity index (χ4n) is 1.85. The largest absolute Gasteiger partial charge is 0.299 e. The molecule has 1 nitrogen and oxygen atoms in total. The van der Waals surface area contributed by atoms with Crippen molar-refractivity contribution in [3.8, 4) is 0 Å². The molecule has 58 valence electrons. The molecular formula is C8H14IN. The van der Waals surface area contributed by atoms with Crippen LogP contribution in [0.15, 0.2) is 0 Å². The Morgan fingerprint density at radius 2 is 2.30 bits per heavy atom. The van der Waals surface area contributed by atoms with E-state index in [-0.39, 0.29) is 0 Å². The van der Waals surface area contributed by atoms with Crippen LogP contribution in [0.4, 0.5) is 0 Å². The minimum absolute atomic E-state index is 0.710. The summed E-state index contributed by atoms with van der Waals surface area (Å²) in [5.41, 5.74) is 0. The molecule has 0 spiro atoms. The van der Waals surface area contributed by atoms with Crippen LogP contribution in [0.1, 0.15) is 20.3 Å². The zero-order valence-corrected chi connectivity index (χ0v) is 8.76. The number of nitrogens with zero attached hydrogens (tertiary/aromatic N) is 1. The fourth-order valence-corrected chi connectivity index (χ4v) is 3.02. The number of hydrogen-bond donors (Lipinski definition) is 0. The summed E-state index contributed by atoms with van der Waals surface area (Å²) in [6.07, 6.45) is 1.48. The number of alkyl halides is 1. The predicted octanol–water partition coefficient (Wildman–Crippen LogP) is 1.90. The average molecular weight is 251 g/mol. The van der Waals surface area contributed by atoms with E-state index in [1.807, 2.05) is 0 Å². The lowest BCUT2D eigenvalue weighted by atomic mass is 10.3. The Morgan fingerprint density at radius 3 is 2.60 bits per heavy atom. The third-order valence-electron chi connectivity index (χ3n) is 2.81. The monoisotopic (exact) mass is 251 g/mol. The lowest BCUT2D eigenvalue weighted by molar-refractivity contribution is 0.252. The van der Waals surface area contributed by atoms with E-state index in [1.165, 1.54) is 19.5 Å². The summed E-state index contributed by atoms with van der Waals surface area (Å²) in [7, 11) is 0. The standard InChI is InChI=1S/C8H14IN/c1-6(2)10-4-7-3-8(7,9)5-10/h6-7H,3-5H2,1-2H3. The van der Waals surface area contributed by atoms with Crippen LogP contribution in [0, 0.1) is 5.92 Å². The van der Waals surface area contributed by atoms with Crippen LogP contribution in [0.5, 0.6) is 0 Å². The van der Waals surface area contributed by atoms with Gasteiger partial charge in [0.25, 0.3) is 0 Å². The van der Waals surface area contributed by atoms with E-state index in [2.05, 4.69) is 41.3 Å². The molecule has 2 atom stereocenters. The molecule has 1 saturated heterocycles. The van der Waals surface area contributed by atoms with Crippen molar-refractivity contribution in [2.75, 3.05) is 13.1 Å². The highest BCUT2D eigenvalue weighted by molar-refractivity contribution is 14.1. The van der Waals surface area contributed by atoms with Crippen LogP contribution in [0.3, 0.4) is 0 Å². The van der Waals surface area contributed by atoms with Crippen molar-refractivity contribution in [2.24, 2.45) is 5.92 Å².